The van der Waals surface area contributed by atoms with Gasteiger partial charge in [0, 0.05) is 39.0 Å². The Balaban J connectivity index is 1.40. The van der Waals surface area contributed by atoms with Gasteiger partial charge in [-0.3, -0.25) is 19.3 Å². The molecule has 1 unspecified atom stereocenters. The number of rotatable bonds is 8. The van der Waals surface area contributed by atoms with Crippen LogP contribution in [-0.4, -0.2) is 75.0 Å². The van der Waals surface area contributed by atoms with E-state index in [2.05, 4.69) is 11.6 Å². The van der Waals surface area contributed by atoms with E-state index in [1.165, 1.54) is 29.8 Å². The molecular weight excluding hydrogens is 627 g/mol. The number of anilines is 3. The van der Waals surface area contributed by atoms with Crippen LogP contribution in [0.15, 0.2) is 49.2 Å². The van der Waals surface area contributed by atoms with Crippen LogP contribution in [-0.2, 0) is 40.2 Å². The highest BCUT2D eigenvalue weighted by Gasteiger charge is 2.41. The number of hydrogen-bond acceptors (Lipinski definition) is 7. The van der Waals surface area contributed by atoms with Gasteiger partial charge in [-0.05, 0) is 43.7 Å². The summed E-state index contributed by atoms with van der Waals surface area (Å²) < 4.78 is 42.6. The SMILES string of the molecule is C=CC(=O)N1Cc2nc(CN(C)c3c(Cl)cccc3N(C)C(=O)[C@@H]3CCC(=O)N3c3cc(C(F)(F)F)cc(C)n3)cn2CC1CO. The van der Waals surface area contributed by atoms with Gasteiger partial charge in [0.25, 0.3) is 0 Å². The molecule has 0 saturated carbocycles. The third kappa shape index (κ3) is 6.31. The summed E-state index contributed by atoms with van der Waals surface area (Å²) in [5.74, 6) is -0.909. The summed E-state index contributed by atoms with van der Waals surface area (Å²) in [6.07, 6.45) is -1.54. The third-order valence-electron chi connectivity index (χ3n) is 8.19. The molecule has 3 amide bonds. The van der Waals surface area contributed by atoms with Crippen molar-refractivity contribution >= 4 is 46.5 Å². The summed E-state index contributed by atoms with van der Waals surface area (Å²) in [7, 11) is 3.29. The number of nitrogens with zero attached hydrogens (tertiary/aromatic N) is 7. The van der Waals surface area contributed by atoms with Gasteiger partial charge in [0.15, 0.2) is 0 Å². The van der Waals surface area contributed by atoms with Crippen LogP contribution in [0.4, 0.5) is 30.4 Å². The summed E-state index contributed by atoms with van der Waals surface area (Å²) in [4.78, 5) is 53.7. The predicted octanol–water partition coefficient (Wildman–Crippen LogP) is 3.94. The first-order valence-corrected chi connectivity index (χ1v) is 14.8. The van der Waals surface area contributed by atoms with Crippen molar-refractivity contribution < 1.29 is 32.7 Å². The zero-order chi connectivity index (χ0) is 33.5. The van der Waals surface area contributed by atoms with Crippen molar-refractivity contribution in [3.63, 3.8) is 0 Å². The lowest BCUT2D eigenvalue weighted by molar-refractivity contribution is -0.137. The Hall–Kier alpha value is -4.43. The second-order valence-corrected chi connectivity index (χ2v) is 11.7. The molecule has 1 N–H and O–H groups in total. The van der Waals surface area contributed by atoms with E-state index in [0.29, 0.717) is 34.5 Å². The monoisotopic (exact) mass is 659 g/mol. The number of amides is 3. The Labute approximate surface area is 268 Å². The maximum absolute atomic E-state index is 13.9. The molecule has 1 fully saturated rings. The van der Waals surface area contributed by atoms with Crippen molar-refractivity contribution in [2.24, 2.45) is 0 Å². The van der Waals surface area contributed by atoms with Gasteiger partial charge in [0.2, 0.25) is 17.7 Å². The molecule has 0 spiro atoms. The number of aryl methyl sites for hydroxylation is 1. The van der Waals surface area contributed by atoms with Gasteiger partial charge in [-0.15, -0.1) is 0 Å². The van der Waals surface area contributed by atoms with Crippen molar-refractivity contribution in [1.29, 1.82) is 0 Å². The minimum atomic E-state index is -4.65. The smallest absolute Gasteiger partial charge is 0.394 e. The van der Waals surface area contributed by atoms with Crippen LogP contribution < -0.4 is 14.7 Å². The molecule has 1 aromatic carbocycles. The summed E-state index contributed by atoms with van der Waals surface area (Å²) in [6.45, 7) is 5.53. The molecule has 46 heavy (non-hydrogen) atoms. The maximum Gasteiger partial charge on any atom is 0.416 e. The molecule has 11 nitrogen and oxygen atoms in total. The Morgan fingerprint density at radius 1 is 1.22 bits per heavy atom. The van der Waals surface area contributed by atoms with Crippen molar-refractivity contribution in [3.8, 4) is 0 Å². The number of para-hydroxylation sites is 1. The van der Waals surface area contributed by atoms with Gasteiger partial charge < -0.3 is 24.4 Å². The van der Waals surface area contributed by atoms with E-state index in [1.54, 1.807) is 30.1 Å². The van der Waals surface area contributed by atoms with Crippen LogP contribution in [0.25, 0.3) is 0 Å². The number of pyridine rings is 1. The molecule has 15 heteroatoms. The molecule has 0 aliphatic carbocycles. The minimum Gasteiger partial charge on any atom is -0.394 e. The zero-order valence-electron chi connectivity index (χ0n) is 25.5. The molecule has 3 aromatic rings. The van der Waals surface area contributed by atoms with E-state index in [4.69, 9.17) is 16.6 Å². The van der Waals surface area contributed by atoms with Crippen LogP contribution >= 0.6 is 11.6 Å². The van der Waals surface area contributed by atoms with Crippen molar-refractivity contribution in [2.45, 2.75) is 57.7 Å². The molecule has 0 radical (unpaired) electrons. The summed E-state index contributed by atoms with van der Waals surface area (Å²) in [6, 6.07) is 5.19. The topological polar surface area (TPSA) is 115 Å². The molecule has 2 aliphatic heterocycles. The second-order valence-electron chi connectivity index (χ2n) is 11.3. The first kappa shape index (κ1) is 32.9. The lowest BCUT2D eigenvalue weighted by Crippen LogP contribution is -2.47. The molecule has 0 bridgehead atoms. The quantitative estimate of drug-likeness (QED) is 0.365. The zero-order valence-corrected chi connectivity index (χ0v) is 26.2. The molecule has 2 aromatic heterocycles. The fourth-order valence-electron chi connectivity index (χ4n) is 5.97. The number of hydrogen-bond donors (Lipinski definition) is 1. The summed E-state index contributed by atoms with van der Waals surface area (Å²) in [5, 5.41) is 10.2. The lowest BCUT2D eigenvalue weighted by atomic mass is 10.1. The molecule has 244 valence electrons. The van der Waals surface area contributed by atoms with Crippen LogP contribution in [0.5, 0.6) is 0 Å². The van der Waals surface area contributed by atoms with Gasteiger partial charge in [0.1, 0.15) is 17.7 Å². The Kier molecular flexibility index (Phi) is 9.14. The maximum atomic E-state index is 13.9. The number of aliphatic hydroxyl groups excluding tert-OH is 1. The molecule has 1 saturated heterocycles. The summed E-state index contributed by atoms with van der Waals surface area (Å²) >= 11 is 6.67. The first-order chi connectivity index (χ1) is 21.7. The summed E-state index contributed by atoms with van der Waals surface area (Å²) in [5.41, 5.74) is 0.670. The highest BCUT2D eigenvalue weighted by atomic mass is 35.5. The molecule has 2 atom stereocenters. The number of halogens is 4. The fraction of sp³-hybridized carbons (Fsp3) is 0.387. The Morgan fingerprint density at radius 3 is 2.63 bits per heavy atom. The van der Waals surface area contributed by atoms with Gasteiger partial charge in [-0.25, -0.2) is 9.97 Å². The van der Waals surface area contributed by atoms with Gasteiger partial charge in [0.05, 0.1) is 53.4 Å². The van der Waals surface area contributed by atoms with Crippen LogP contribution in [0, 0.1) is 6.92 Å². The van der Waals surface area contributed by atoms with E-state index in [0.717, 1.165) is 17.0 Å². The number of carbonyl (C=O) groups is 3. The number of aromatic nitrogens is 3. The number of benzene rings is 1. The average Bonchev–Trinajstić information content (AvgIpc) is 3.59. The van der Waals surface area contributed by atoms with Crippen LogP contribution in [0.3, 0.4) is 0 Å². The van der Waals surface area contributed by atoms with E-state index in [-0.39, 0.29) is 50.0 Å². The van der Waals surface area contributed by atoms with Gasteiger partial charge in [-0.2, -0.15) is 13.2 Å². The number of carbonyl (C=O) groups excluding carboxylic acids is 3. The highest BCUT2D eigenvalue weighted by Crippen LogP contribution is 2.38. The van der Waals surface area contributed by atoms with Crippen LogP contribution in [0.1, 0.15) is 35.6 Å². The van der Waals surface area contributed by atoms with Crippen molar-refractivity contribution in [3.05, 3.63) is 77.0 Å². The van der Waals surface area contributed by atoms with Crippen LogP contribution in [0.2, 0.25) is 5.02 Å². The molecule has 5 rings (SSSR count). The highest BCUT2D eigenvalue weighted by molar-refractivity contribution is 6.34. The van der Waals surface area contributed by atoms with E-state index in [1.807, 2.05) is 10.8 Å². The average molecular weight is 660 g/mol. The van der Waals surface area contributed by atoms with Crippen molar-refractivity contribution in [2.75, 3.05) is 35.4 Å². The van der Waals surface area contributed by atoms with Crippen molar-refractivity contribution in [1.82, 2.24) is 19.4 Å². The third-order valence-corrected chi connectivity index (χ3v) is 8.49. The molecular formula is C31H33ClF3N7O4. The standard InChI is InChI=1S/C31H33ClF3N7O4/c1-5-27(44)41-16-26-37-20(14-40(26)15-21(41)17-43)13-38(3)29-22(32)7-6-8-23(29)39(4)30(46)24-9-10-28(45)42(24)25-12-19(31(33,34)35)11-18(2)36-25/h5-8,11-12,14,21,24,43H,1,9-10,13,15-17H2,2-4H3/t21?,24-/m0/s1. The first-order valence-electron chi connectivity index (χ1n) is 14.5. The number of imidazole rings is 1. The van der Waals surface area contributed by atoms with Gasteiger partial charge >= 0.3 is 6.18 Å². The Morgan fingerprint density at radius 2 is 1.96 bits per heavy atom. The number of aliphatic hydroxyl groups is 1. The predicted molar refractivity (Wildman–Crippen MR) is 165 cm³/mol. The normalized spacial score (nSPS) is 18.0. The van der Waals surface area contributed by atoms with E-state index >= 15 is 0 Å². The molecule has 2 aliphatic rings. The lowest BCUT2D eigenvalue weighted by Gasteiger charge is -2.34. The van der Waals surface area contributed by atoms with E-state index < -0.39 is 35.6 Å². The number of likely N-dealkylation sites (N-methyl/N-ethyl adjacent to an activating group) is 1. The Bertz CT molecular complexity index is 1690. The number of alkyl halides is 3. The van der Waals surface area contributed by atoms with E-state index in [9.17, 15) is 32.7 Å². The van der Waals surface area contributed by atoms with Gasteiger partial charge in [-0.1, -0.05) is 24.2 Å². The largest absolute Gasteiger partial charge is 0.416 e. The molecule has 4 heterocycles. The number of fused-ring (bicyclic) bond motifs is 1. The fourth-order valence-corrected chi connectivity index (χ4v) is 6.29. The minimum absolute atomic E-state index is 0.0263. The second kappa shape index (κ2) is 12.8.